The average molecular weight is 294 g/mol. The van der Waals surface area contributed by atoms with Gasteiger partial charge in [-0.2, -0.15) is 0 Å². The molecule has 1 unspecified atom stereocenters. The first kappa shape index (κ1) is 13.1. The maximum atomic E-state index is 5.11. The number of methoxy groups -OCH3 is 1. The lowest BCUT2D eigenvalue weighted by Crippen LogP contribution is -2.15. The van der Waals surface area contributed by atoms with E-state index in [4.69, 9.17) is 9.72 Å². The molecule has 112 valence electrons. The Labute approximate surface area is 129 Å². The van der Waals surface area contributed by atoms with Crippen molar-refractivity contribution in [3.63, 3.8) is 0 Å². The van der Waals surface area contributed by atoms with Crippen molar-refractivity contribution >= 4 is 11.5 Å². The van der Waals surface area contributed by atoms with E-state index in [2.05, 4.69) is 40.0 Å². The number of anilines is 1. The van der Waals surface area contributed by atoms with E-state index in [-0.39, 0.29) is 0 Å². The van der Waals surface area contributed by atoms with E-state index in [1.165, 1.54) is 0 Å². The zero-order valence-corrected chi connectivity index (χ0v) is 12.7. The van der Waals surface area contributed by atoms with Crippen LogP contribution in [0.2, 0.25) is 0 Å². The van der Waals surface area contributed by atoms with Gasteiger partial charge in [-0.1, -0.05) is 6.92 Å². The maximum Gasteiger partial charge on any atom is 0.212 e. The van der Waals surface area contributed by atoms with Crippen LogP contribution < -0.4 is 10.1 Å². The van der Waals surface area contributed by atoms with Gasteiger partial charge in [-0.3, -0.25) is 4.40 Å². The monoisotopic (exact) mass is 294 g/mol. The Morgan fingerprint density at radius 1 is 1.23 bits per heavy atom. The van der Waals surface area contributed by atoms with E-state index in [1.807, 2.05) is 18.3 Å². The molecule has 0 saturated heterocycles. The minimum Gasteiger partial charge on any atom is -0.481 e. The number of aromatic nitrogens is 3. The number of hydrogen-bond donors (Lipinski definition) is 1. The van der Waals surface area contributed by atoms with Gasteiger partial charge in [-0.15, -0.1) is 0 Å². The zero-order chi connectivity index (χ0) is 15.1. The van der Waals surface area contributed by atoms with E-state index >= 15 is 0 Å². The number of rotatable bonds is 2. The topological polar surface area (TPSA) is 51.5 Å². The highest BCUT2D eigenvalue weighted by atomic mass is 16.5. The fourth-order valence-electron chi connectivity index (χ4n) is 2.97. The van der Waals surface area contributed by atoms with Gasteiger partial charge in [-0.05, 0) is 24.6 Å². The second-order valence-corrected chi connectivity index (χ2v) is 5.70. The summed E-state index contributed by atoms with van der Waals surface area (Å²) in [5.74, 6) is 2.25. The summed E-state index contributed by atoms with van der Waals surface area (Å²) in [5, 5.41) is 3.48. The van der Waals surface area contributed by atoms with Crippen molar-refractivity contribution in [2.24, 2.45) is 0 Å². The summed E-state index contributed by atoms with van der Waals surface area (Å²) in [6.07, 6.45) is 5.08. The Balaban J connectivity index is 1.82. The average Bonchev–Trinajstić information content (AvgIpc) is 2.94. The molecule has 1 atom stereocenters. The number of nitrogens with one attached hydrogen (secondary N) is 1. The standard InChI is InChI=1S/C17H18N4O/c1-11-7-8-18-17-16(11)20-14-5-3-13(10-21(14)17)12-4-6-15(22-2)19-9-12/h3-6,9-11,18H,7-8H2,1-2H3. The Bertz CT molecular complexity index is 823. The Morgan fingerprint density at radius 2 is 2.09 bits per heavy atom. The SMILES string of the molecule is COc1ccc(-c2ccc3nc4c(n3c2)NCCC4C)cn1. The molecule has 0 bridgehead atoms. The highest BCUT2D eigenvalue weighted by Crippen LogP contribution is 2.32. The van der Waals surface area contributed by atoms with Crippen LogP contribution in [0.5, 0.6) is 5.88 Å². The lowest BCUT2D eigenvalue weighted by atomic mass is 10.0. The number of imidazole rings is 1. The first-order chi connectivity index (χ1) is 10.8. The molecule has 1 N–H and O–H groups in total. The maximum absolute atomic E-state index is 5.11. The molecule has 4 heterocycles. The summed E-state index contributed by atoms with van der Waals surface area (Å²) < 4.78 is 7.26. The Morgan fingerprint density at radius 3 is 2.86 bits per heavy atom. The molecule has 0 radical (unpaired) electrons. The van der Waals surface area contributed by atoms with E-state index < -0.39 is 0 Å². The molecule has 0 spiro atoms. The molecule has 1 aliphatic heterocycles. The largest absolute Gasteiger partial charge is 0.481 e. The Hall–Kier alpha value is -2.56. The number of hydrogen-bond acceptors (Lipinski definition) is 4. The second-order valence-electron chi connectivity index (χ2n) is 5.70. The molecule has 5 heteroatoms. The van der Waals surface area contributed by atoms with Gasteiger partial charge >= 0.3 is 0 Å². The molecule has 0 amide bonds. The van der Waals surface area contributed by atoms with Gasteiger partial charge in [0.1, 0.15) is 11.5 Å². The lowest BCUT2D eigenvalue weighted by Gasteiger charge is -2.19. The predicted molar refractivity (Wildman–Crippen MR) is 86.5 cm³/mol. The fourth-order valence-corrected chi connectivity index (χ4v) is 2.97. The normalized spacial score (nSPS) is 17.1. The molecule has 0 aliphatic carbocycles. The summed E-state index contributed by atoms with van der Waals surface area (Å²) in [5.41, 5.74) is 4.32. The molecule has 5 nitrogen and oxygen atoms in total. The van der Waals surface area contributed by atoms with Gasteiger partial charge in [0.25, 0.3) is 0 Å². The summed E-state index contributed by atoms with van der Waals surface area (Å²) >= 11 is 0. The molecule has 22 heavy (non-hydrogen) atoms. The highest BCUT2D eigenvalue weighted by Gasteiger charge is 2.21. The number of ether oxygens (including phenoxy) is 1. The van der Waals surface area contributed by atoms with Crippen molar-refractivity contribution in [2.75, 3.05) is 19.0 Å². The lowest BCUT2D eigenvalue weighted by molar-refractivity contribution is 0.398. The molecule has 0 saturated carbocycles. The summed E-state index contributed by atoms with van der Waals surface area (Å²) in [6, 6.07) is 8.05. The van der Waals surface area contributed by atoms with Crippen LogP contribution in [0.1, 0.15) is 25.0 Å². The summed E-state index contributed by atoms with van der Waals surface area (Å²) in [7, 11) is 1.62. The van der Waals surface area contributed by atoms with Crippen LogP contribution in [0.25, 0.3) is 16.8 Å². The third-order valence-corrected chi connectivity index (χ3v) is 4.26. The van der Waals surface area contributed by atoms with Crippen LogP contribution in [0.15, 0.2) is 36.7 Å². The van der Waals surface area contributed by atoms with Crippen LogP contribution >= 0.6 is 0 Å². The molecule has 4 rings (SSSR count). The van der Waals surface area contributed by atoms with E-state index in [0.717, 1.165) is 41.3 Å². The van der Waals surface area contributed by atoms with Gasteiger partial charge in [0.15, 0.2) is 0 Å². The van der Waals surface area contributed by atoms with Crippen molar-refractivity contribution < 1.29 is 4.74 Å². The second kappa shape index (κ2) is 5.02. The van der Waals surface area contributed by atoms with Crippen molar-refractivity contribution in [3.8, 4) is 17.0 Å². The molecule has 0 aromatic carbocycles. The molecule has 1 aliphatic rings. The molecule has 0 fully saturated rings. The first-order valence-corrected chi connectivity index (χ1v) is 7.52. The van der Waals surface area contributed by atoms with Gasteiger partial charge in [0.05, 0.1) is 12.8 Å². The van der Waals surface area contributed by atoms with Gasteiger partial charge in [-0.25, -0.2) is 9.97 Å². The Kier molecular flexibility index (Phi) is 2.99. The molecule has 3 aromatic heterocycles. The third kappa shape index (κ3) is 2.01. The van der Waals surface area contributed by atoms with Crippen molar-refractivity contribution in [3.05, 3.63) is 42.4 Å². The molecular formula is C17H18N4O. The van der Waals surface area contributed by atoms with Crippen LogP contribution in [-0.2, 0) is 0 Å². The van der Waals surface area contributed by atoms with Crippen molar-refractivity contribution in [1.29, 1.82) is 0 Å². The molecular weight excluding hydrogens is 276 g/mol. The van der Waals surface area contributed by atoms with Crippen LogP contribution in [-0.4, -0.2) is 28.0 Å². The van der Waals surface area contributed by atoms with Gasteiger partial charge in [0.2, 0.25) is 5.88 Å². The number of fused-ring (bicyclic) bond motifs is 3. The summed E-state index contributed by atoms with van der Waals surface area (Å²) in [6.45, 7) is 3.23. The van der Waals surface area contributed by atoms with E-state index in [0.29, 0.717) is 11.8 Å². The van der Waals surface area contributed by atoms with Gasteiger partial charge in [0, 0.05) is 42.0 Å². The summed E-state index contributed by atoms with van der Waals surface area (Å²) in [4.78, 5) is 9.04. The van der Waals surface area contributed by atoms with Crippen LogP contribution in [0.3, 0.4) is 0 Å². The number of pyridine rings is 2. The van der Waals surface area contributed by atoms with Crippen molar-refractivity contribution in [1.82, 2.24) is 14.4 Å². The zero-order valence-electron chi connectivity index (χ0n) is 12.7. The first-order valence-electron chi connectivity index (χ1n) is 7.52. The molecule has 3 aromatic rings. The highest BCUT2D eigenvalue weighted by molar-refractivity contribution is 5.67. The quantitative estimate of drug-likeness (QED) is 0.787. The van der Waals surface area contributed by atoms with Crippen LogP contribution in [0, 0.1) is 0 Å². The number of nitrogens with zero attached hydrogens (tertiary/aromatic N) is 3. The smallest absolute Gasteiger partial charge is 0.212 e. The predicted octanol–water partition coefficient (Wildman–Crippen LogP) is 3.32. The minimum absolute atomic E-state index is 0.502. The third-order valence-electron chi connectivity index (χ3n) is 4.26. The van der Waals surface area contributed by atoms with Crippen LogP contribution in [0.4, 0.5) is 5.82 Å². The van der Waals surface area contributed by atoms with E-state index in [9.17, 15) is 0 Å². The fraction of sp³-hybridized carbons (Fsp3) is 0.294. The van der Waals surface area contributed by atoms with E-state index in [1.54, 1.807) is 7.11 Å². The van der Waals surface area contributed by atoms with Crippen molar-refractivity contribution in [2.45, 2.75) is 19.3 Å². The minimum atomic E-state index is 0.502. The van der Waals surface area contributed by atoms with Gasteiger partial charge < -0.3 is 10.1 Å².